The van der Waals surface area contributed by atoms with Crippen molar-refractivity contribution in [3.8, 4) is 5.75 Å². The maximum atomic E-state index is 10.8. The number of nitrogens with zero attached hydrogens (tertiary/aromatic N) is 1. The largest absolute Gasteiger partial charge is 0.490 e. The minimum absolute atomic E-state index is 0.0321. The maximum Gasteiger partial charge on any atom is 0.311 e. The Hall–Kier alpha value is -2.56. The smallest absolute Gasteiger partial charge is 0.311 e. The van der Waals surface area contributed by atoms with Crippen molar-refractivity contribution in [1.82, 2.24) is 0 Å². The molecule has 1 N–H and O–H groups in total. The van der Waals surface area contributed by atoms with E-state index in [-0.39, 0.29) is 11.4 Å². The summed E-state index contributed by atoms with van der Waals surface area (Å²) in [5.74, 6) is 0.256. The SMILES string of the molecule is CCc1ccc(CNc2ccc([N+](=O)[O-])c(OC)c2)cc1. The monoisotopic (exact) mass is 286 g/mol. The molecule has 0 aliphatic rings. The number of nitrogens with one attached hydrogen (secondary N) is 1. The summed E-state index contributed by atoms with van der Waals surface area (Å²) in [6, 6.07) is 13.1. The van der Waals surface area contributed by atoms with Crippen LogP contribution < -0.4 is 10.1 Å². The average molecular weight is 286 g/mol. The normalized spacial score (nSPS) is 10.2. The van der Waals surface area contributed by atoms with Gasteiger partial charge in [-0.3, -0.25) is 10.1 Å². The highest BCUT2D eigenvalue weighted by atomic mass is 16.6. The number of nitro benzene ring substituents is 1. The van der Waals surface area contributed by atoms with Crippen molar-refractivity contribution in [3.63, 3.8) is 0 Å². The van der Waals surface area contributed by atoms with Gasteiger partial charge in [0.2, 0.25) is 0 Å². The second kappa shape index (κ2) is 6.74. The molecule has 0 spiro atoms. The molecule has 0 radical (unpaired) electrons. The number of hydrogen-bond acceptors (Lipinski definition) is 4. The first-order valence-electron chi connectivity index (χ1n) is 6.78. The van der Waals surface area contributed by atoms with Crippen LogP contribution in [0.15, 0.2) is 42.5 Å². The van der Waals surface area contributed by atoms with Crippen LogP contribution in [-0.4, -0.2) is 12.0 Å². The van der Waals surface area contributed by atoms with Gasteiger partial charge in [0.05, 0.1) is 12.0 Å². The molecular formula is C16H18N2O3. The zero-order valence-electron chi connectivity index (χ0n) is 12.1. The number of anilines is 1. The van der Waals surface area contributed by atoms with Crippen LogP contribution in [0.4, 0.5) is 11.4 Å². The lowest BCUT2D eigenvalue weighted by Crippen LogP contribution is -2.01. The van der Waals surface area contributed by atoms with E-state index in [2.05, 4.69) is 36.5 Å². The van der Waals surface area contributed by atoms with Crippen LogP contribution >= 0.6 is 0 Å². The summed E-state index contributed by atoms with van der Waals surface area (Å²) in [5.41, 5.74) is 3.22. The molecule has 0 heterocycles. The van der Waals surface area contributed by atoms with Crippen LogP contribution in [0.25, 0.3) is 0 Å². The highest BCUT2D eigenvalue weighted by molar-refractivity contribution is 5.58. The molecule has 5 heteroatoms. The standard InChI is InChI=1S/C16H18N2O3/c1-3-12-4-6-13(7-5-12)11-17-14-8-9-15(18(19)20)16(10-14)21-2/h4-10,17H,3,11H2,1-2H3. The van der Waals surface area contributed by atoms with E-state index in [0.29, 0.717) is 6.54 Å². The van der Waals surface area contributed by atoms with Crippen molar-refractivity contribution in [1.29, 1.82) is 0 Å². The Morgan fingerprint density at radius 3 is 2.38 bits per heavy atom. The Morgan fingerprint density at radius 2 is 1.81 bits per heavy atom. The number of methoxy groups -OCH3 is 1. The molecule has 0 aliphatic carbocycles. The fraction of sp³-hybridized carbons (Fsp3) is 0.250. The molecule has 0 bridgehead atoms. The summed E-state index contributed by atoms with van der Waals surface area (Å²) in [6.07, 6.45) is 1.02. The summed E-state index contributed by atoms with van der Waals surface area (Å²) in [5, 5.41) is 14.1. The lowest BCUT2D eigenvalue weighted by atomic mass is 10.1. The fourth-order valence-corrected chi connectivity index (χ4v) is 2.04. The molecule has 0 unspecified atom stereocenters. The zero-order valence-corrected chi connectivity index (χ0v) is 12.1. The molecule has 2 aromatic carbocycles. The number of rotatable bonds is 6. The predicted octanol–water partition coefficient (Wildman–Crippen LogP) is 3.78. The molecule has 0 atom stereocenters. The average Bonchev–Trinajstić information content (AvgIpc) is 2.52. The van der Waals surface area contributed by atoms with Gasteiger partial charge in [-0.05, 0) is 23.6 Å². The Morgan fingerprint density at radius 1 is 1.14 bits per heavy atom. The Bertz CT molecular complexity index is 624. The van der Waals surface area contributed by atoms with Crippen molar-refractivity contribution < 1.29 is 9.66 Å². The molecule has 0 amide bonds. The molecule has 2 rings (SSSR count). The molecule has 0 saturated heterocycles. The number of ether oxygens (including phenoxy) is 1. The first-order valence-corrected chi connectivity index (χ1v) is 6.78. The lowest BCUT2D eigenvalue weighted by molar-refractivity contribution is -0.385. The summed E-state index contributed by atoms with van der Waals surface area (Å²) in [4.78, 5) is 10.4. The summed E-state index contributed by atoms with van der Waals surface area (Å²) in [6.45, 7) is 2.78. The van der Waals surface area contributed by atoms with Crippen LogP contribution in [-0.2, 0) is 13.0 Å². The highest BCUT2D eigenvalue weighted by Crippen LogP contribution is 2.29. The lowest BCUT2D eigenvalue weighted by Gasteiger charge is -2.09. The van der Waals surface area contributed by atoms with E-state index in [4.69, 9.17) is 4.74 Å². The van der Waals surface area contributed by atoms with E-state index >= 15 is 0 Å². The van der Waals surface area contributed by atoms with E-state index in [1.54, 1.807) is 12.1 Å². The molecular weight excluding hydrogens is 268 g/mol. The first kappa shape index (κ1) is 14.8. The Balaban J connectivity index is 2.07. The third kappa shape index (κ3) is 3.72. The topological polar surface area (TPSA) is 64.4 Å². The van der Waals surface area contributed by atoms with Gasteiger partial charge in [-0.25, -0.2) is 0 Å². The molecule has 2 aromatic rings. The molecule has 0 saturated carbocycles. The molecule has 5 nitrogen and oxygen atoms in total. The summed E-state index contributed by atoms with van der Waals surface area (Å²) >= 11 is 0. The molecule has 0 aliphatic heterocycles. The van der Waals surface area contributed by atoms with Gasteiger partial charge in [0.25, 0.3) is 0 Å². The van der Waals surface area contributed by atoms with Gasteiger partial charge in [-0.2, -0.15) is 0 Å². The Labute approximate surface area is 123 Å². The van der Waals surface area contributed by atoms with Crippen LogP contribution in [0.5, 0.6) is 5.75 Å². The van der Waals surface area contributed by atoms with Crippen molar-refractivity contribution in [3.05, 3.63) is 63.7 Å². The van der Waals surface area contributed by atoms with Crippen molar-refractivity contribution in [2.45, 2.75) is 19.9 Å². The fourth-order valence-electron chi connectivity index (χ4n) is 2.04. The molecule has 0 aromatic heterocycles. The van der Waals surface area contributed by atoms with Gasteiger partial charge < -0.3 is 10.1 Å². The molecule has 21 heavy (non-hydrogen) atoms. The van der Waals surface area contributed by atoms with Gasteiger partial charge >= 0.3 is 5.69 Å². The minimum atomic E-state index is -0.452. The molecule has 0 fully saturated rings. The summed E-state index contributed by atoms with van der Waals surface area (Å²) < 4.78 is 5.05. The first-order chi connectivity index (χ1) is 10.1. The highest BCUT2D eigenvalue weighted by Gasteiger charge is 2.14. The van der Waals surface area contributed by atoms with Crippen LogP contribution in [0.1, 0.15) is 18.1 Å². The third-order valence-electron chi connectivity index (χ3n) is 3.30. The quantitative estimate of drug-likeness (QED) is 0.648. The second-order valence-corrected chi connectivity index (χ2v) is 4.67. The van der Waals surface area contributed by atoms with Crippen molar-refractivity contribution >= 4 is 11.4 Å². The van der Waals surface area contributed by atoms with E-state index in [0.717, 1.165) is 17.7 Å². The van der Waals surface area contributed by atoms with Gasteiger partial charge in [-0.15, -0.1) is 0 Å². The van der Waals surface area contributed by atoms with E-state index in [9.17, 15) is 10.1 Å². The minimum Gasteiger partial charge on any atom is -0.490 e. The van der Waals surface area contributed by atoms with Crippen molar-refractivity contribution in [2.75, 3.05) is 12.4 Å². The Kier molecular flexibility index (Phi) is 4.77. The zero-order chi connectivity index (χ0) is 15.2. The number of hydrogen-bond donors (Lipinski definition) is 1. The van der Waals surface area contributed by atoms with Crippen LogP contribution in [0.2, 0.25) is 0 Å². The number of aryl methyl sites for hydroxylation is 1. The van der Waals surface area contributed by atoms with Gasteiger partial charge in [0.1, 0.15) is 0 Å². The summed E-state index contributed by atoms with van der Waals surface area (Å²) in [7, 11) is 1.43. The number of benzene rings is 2. The van der Waals surface area contributed by atoms with E-state index < -0.39 is 4.92 Å². The maximum absolute atomic E-state index is 10.8. The van der Waals surface area contributed by atoms with Crippen LogP contribution in [0, 0.1) is 10.1 Å². The molecule has 110 valence electrons. The van der Waals surface area contributed by atoms with Crippen LogP contribution in [0.3, 0.4) is 0 Å². The van der Waals surface area contributed by atoms with Crippen molar-refractivity contribution in [2.24, 2.45) is 0 Å². The van der Waals surface area contributed by atoms with Gasteiger partial charge in [0.15, 0.2) is 5.75 Å². The van der Waals surface area contributed by atoms with E-state index in [1.165, 1.54) is 18.7 Å². The number of nitro groups is 1. The van der Waals surface area contributed by atoms with E-state index in [1.807, 2.05) is 0 Å². The van der Waals surface area contributed by atoms with Gasteiger partial charge in [0, 0.05) is 24.4 Å². The third-order valence-corrected chi connectivity index (χ3v) is 3.30. The second-order valence-electron chi connectivity index (χ2n) is 4.67. The predicted molar refractivity (Wildman–Crippen MR) is 82.8 cm³/mol. The van der Waals surface area contributed by atoms with Gasteiger partial charge in [-0.1, -0.05) is 31.2 Å².